The third-order valence-electron chi connectivity index (χ3n) is 6.46. The lowest BCUT2D eigenvalue weighted by molar-refractivity contribution is -0.127. The second-order valence-corrected chi connectivity index (χ2v) is 10.6. The topological polar surface area (TPSA) is 117 Å². The first-order chi connectivity index (χ1) is 16.3. The fraction of sp³-hybridized carbons (Fsp3) is 0.360. The molecule has 2 heterocycles. The van der Waals surface area contributed by atoms with Crippen molar-refractivity contribution in [1.82, 2.24) is 14.2 Å². The number of unbranched alkanes of at least 4 members (excludes halogenated alkanes) is 2. The van der Waals surface area contributed by atoms with Crippen molar-refractivity contribution in [2.24, 2.45) is 5.73 Å². The van der Waals surface area contributed by atoms with Gasteiger partial charge < -0.3 is 10.7 Å². The molecule has 0 spiro atoms. The largest absolute Gasteiger partial charge is 0.361 e. The number of hydrogen-bond acceptors (Lipinski definition) is 5. The van der Waals surface area contributed by atoms with Crippen molar-refractivity contribution < 1.29 is 18.0 Å². The van der Waals surface area contributed by atoms with E-state index in [1.807, 2.05) is 38.1 Å². The van der Waals surface area contributed by atoms with Crippen LogP contribution in [0.2, 0.25) is 0 Å². The van der Waals surface area contributed by atoms with E-state index in [1.165, 1.54) is 6.07 Å². The second kappa shape index (κ2) is 9.60. The fourth-order valence-corrected chi connectivity index (χ4v) is 5.96. The molecule has 3 amide bonds. The van der Waals surface area contributed by atoms with Crippen LogP contribution in [0.1, 0.15) is 36.0 Å². The summed E-state index contributed by atoms with van der Waals surface area (Å²) < 4.78 is 28.1. The number of hydrogen-bond donors (Lipinski definition) is 2. The highest BCUT2D eigenvalue weighted by atomic mass is 32.2. The van der Waals surface area contributed by atoms with Crippen molar-refractivity contribution in [3.63, 3.8) is 0 Å². The van der Waals surface area contributed by atoms with Gasteiger partial charge in [-0.05, 0) is 68.1 Å². The van der Waals surface area contributed by atoms with E-state index in [2.05, 4.69) is 4.98 Å². The number of rotatable bonds is 9. The Morgan fingerprint density at radius 1 is 1.00 bits per heavy atom. The molecular weight excluding hydrogens is 452 g/mol. The maximum absolute atomic E-state index is 13.7. The zero-order chi connectivity index (χ0) is 24.5. The molecule has 0 radical (unpaired) electrons. The number of fused-ring (bicyclic) bond motifs is 1. The molecule has 8 nitrogen and oxygen atoms in total. The average molecular weight is 483 g/mol. The molecule has 1 aliphatic rings. The second-order valence-electron chi connectivity index (χ2n) is 8.75. The molecule has 34 heavy (non-hydrogen) atoms. The Morgan fingerprint density at radius 3 is 2.50 bits per heavy atom. The number of amides is 3. The van der Waals surface area contributed by atoms with Crippen LogP contribution in [-0.4, -0.2) is 53.7 Å². The van der Waals surface area contributed by atoms with Gasteiger partial charge in [-0.25, -0.2) is 17.5 Å². The van der Waals surface area contributed by atoms with E-state index in [0.29, 0.717) is 13.0 Å². The van der Waals surface area contributed by atoms with E-state index in [9.17, 15) is 18.0 Å². The van der Waals surface area contributed by atoms with Crippen molar-refractivity contribution in [3.8, 4) is 0 Å². The normalized spacial score (nSPS) is 16.7. The van der Waals surface area contributed by atoms with E-state index >= 15 is 0 Å². The minimum absolute atomic E-state index is 0.00524. The van der Waals surface area contributed by atoms with Crippen LogP contribution >= 0.6 is 0 Å². The molecule has 1 atom stereocenters. The number of para-hydroxylation sites is 1. The van der Waals surface area contributed by atoms with E-state index in [1.54, 1.807) is 18.3 Å². The molecule has 1 aromatic heterocycles. The molecule has 2 aromatic carbocycles. The first-order valence-electron chi connectivity index (χ1n) is 11.5. The van der Waals surface area contributed by atoms with Gasteiger partial charge >= 0.3 is 6.03 Å². The van der Waals surface area contributed by atoms with Crippen molar-refractivity contribution in [3.05, 3.63) is 65.4 Å². The average Bonchev–Trinajstić information content (AvgIpc) is 3.32. The summed E-state index contributed by atoms with van der Waals surface area (Å²) in [5.74, 6) is -0.490. The summed E-state index contributed by atoms with van der Waals surface area (Å²) in [4.78, 5) is 31.0. The van der Waals surface area contributed by atoms with Crippen LogP contribution in [-0.2, 0) is 21.2 Å². The number of nitrogens with zero attached hydrogens (tertiary/aromatic N) is 2. The molecule has 1 fully saturated rings. The summed E-state index contributed by atoms with van der Waals surface area (Å²) in [7, 11) is -4.24. The van der Waals surface area contributed by atoms with Crippen molar-refractivity contribution >= 4 is 32.9 Å². The lowest BCUT2D eigenvalue weighted by Gasteiger charge is -2.22. The molecule has 180 valence electrons. The number of nitrogens with one attached hydrogen (secondary N) is 1. The van der Waals surface area contributed by atoms with Gasteiger partial charge in [0.1, 0.15) is 6.04 Å². The summed E-state index contributed by atoms with van der Waals surface area (Å²) in [5.41, 5.74) is 8.96. The van der Waals surface area contributed by atoms with Gasteiger partial charge in [-0.2, -0.15) is 0 Å². The standard InChI is InChI=1S/C25H30N4O4S/c1-17-10-11-20(14-18(17)2)34(32,33)29-23(15-19-16-27-22-9-5-4-8-21(19)22)24(30)28(25(29)31)13-7-3-6-12-26/h4-5,8-11,14,16,23,27H,3,6-7,12-13,15,26H2,1-2H3. The number of H-pyrrole nitrogens is 1. The fourth-order valence-electron chi connectivity index (χ4n) is 4.36. The number of carbonyl (C=O) groups is 2. The van der Waals surface area contributed by atoms with E-state index in [4.69, 9.17) is 5.73 Å². The minimum atomic E-state index is -4.24. The summed E-state index contributed by atoms with van der Waals surface area (Å²) in [6, 6.07) is 10.4. The van der Waals surface area contributed by atoms with Crippen molar-refractivity contribution in [2.75, 3.05) is 13.1 Å². The third kappa shape index (κ3) is 4.33. The van der Waals surface area contributed by atoms with Gasteiger partial charge in [-0.1, -0.05) is 30.7 Å². The highest BCUT2D eigenvalue weighted by Gasteiger charge is 2.51. The Labute approximate surface area is 199 Å². The molecule has 1 saturated heterocycles. The van der Waals surface area contributed by atoms with Crippen LogP contribution in [0.15, 0.2) is 53.6 Å². The van der Waals surface area contributed by atoms with Gasteiger partial charge in [0, 0.05) is 30.1 Å². The number of aromatic amines is 1. The van der Waals surface area contributed by atoms with Crippen LogP contribution < -0.4 is 5.73 Å². The highest BCUT2D eigenvalue weighted by Crippen LogP contribution is 2.31. The van der Waals surface area contributed by atoms with Gasteiger partial charge in [0.15, 0.2) is 0 Å². The molecule has 9 heteroatoms. The number of aryl methyl sites for hydroxylation is 2. The maximum atomic E-state index is 13.7. The number of nitrogens with two attached hydrogens (primary N) is 1. The highest BCUT2D eigenvalue weighted by molar-refractivity contribution is 7.89. The number of urea groups is 1. The SMILES string of the molecule is Cc1ccc(S(=O)(=O)N2C(=O)N(CCCCCN)C(=O)C2Cc2c[nH]c3ccccc23)cc1C. The van der Waals surface area contributed by atoms with E-state index in [-0.39, 0.29) is 17.9 Å². The monoisotopic (exact) mass is 482 g/mol. The summed E-state index contributed by atoms with van der Waals surface area (Å²) in [5, 5.41) is 0.896. The molecule has 1 aliphatic heterocycles. The molecule has 3 N–H and O–H groups in total. The maximum Gasteiger partial charge on any atom is 0.341 e. The predicted molar refractivity (Wildman–Crippen MR) is 131 cm³/mol. The first-order valence-corrected chi connectivity index (χ1v) is 12.9. The predicted octanol–water partition coefficient (Wildman–Crippen LogP) is 3.48. The summed E-state index contributed by atoms with van der Waals surface area (Å²) in [6.45, 7) is 4.40. The third-order valence-corrected chi connectivity index (χ3v) is 8.24. The van der Waals surface area contributed by atoms with Crippen LogP contribution in [0, 0.1) is 13.8 Å². The molecule has 0 saturated carbocycles. The van der Waals surface area contributed by atoms with E-state index < -0.39 is 28.0 Å². The van der Waals surface area contributed by atoms with Gasteiger partial charge in [-0.3, -0.25) is 9.69 Å². The Kier molecular flexibility index (Phi) is 6.77. The quantitative estimate of drug-likeness (QED) is 0.358. The van der Waals surface area contributed by atoms with Crippen LogP contribution in [0.4, 0.5) is 4.79 Å². The van der Waals surface area contributed by atoms with Gasteiger partial charge in [0.25, 0.3) is 15.9 Å². The number of sulfonamides is 1. The first kappa shape index (κ1) is 24.0. The molecule has 0 bridgehead atoms. The molecular formula is C25H30N4O4S. The minimum Gasteiger partial charge on any atom is -0.361 e. The lowest BCUT2D eigenvalue weighted by atomic mass is 10.0. The molecule has 0 aliphatic carbocycles. The van der Waals surface area contributed by atoms with Crippen molar-refractivity contribution in [1.29, 1.82) is 0 Å². The Morgan fingerprint density at radius 2 is 1.76 bits per heavy atom. The molecule has 4 rings (SSSR count). The number of imide groups is 1. The van der Waals surface area contributed by atoms with Crippen LogP contribution in [0.5, 0.6) is 0 Å². The zero-order valence-electron chi connectivity index (χ0n) is 19.5. The zero-order valence-corrected chi connectivity index (χ0v) is 20.3. The number of benzene rings is 2. The van der Waals surface area contributed by atoms with Crippen LogP contribution in [0.3, 0.4) is 0 Å². The lowest BCUT2D eigenvalue weighted by Crippen LogP contribution is -2.41. The molecule has 3 aromatic rings. The van der Waals surface area contributed by atoms with Gasteiger partial charge in [0.2, 0.25) is 0 Å². The Hall–Kier alpha value is -3.17. The van der Waals surface area contributed by atoms with Gasteiger partial charge in [0.05, 0.1) is 4.90 Å². The van der Waals surface area contributed by atoms with E-state index in [0.717, 1.165) is 49.6 Å². The molecule has 1 unspecified atom stereocenters. The van der Waals surface area contributed by atoms with Crippen molar-refractivity contribution in [2.45, 2.75) is 50.5 Å². The smallest absolute Gasteiger partial charge is 0.341 e. The number of carbonyl (C=O) groups excluding carboxylic acids is 2. The summed E-state index contributed by atoms with van der Waals surface area (Å²) in [6.07, 6.45) is 3.97. The Bertz CT molecular complexity index is 1330. The van der Waals surface area contributed by atoms with Gasteiger partial charge in [-0.15, -0.1) is 0 Å². The number of aromatic nitrogens is 1. The Balaban J connectivity index is 1.72. The van der Waals surface area contributed by atoms with Crippen LogP contribution in [0.25, 0.3) is 10.9 Å². The summed E-state index contributed by atoms with van der Waals surface area (Å²) >= 11 is 0.